The minimum atomic E-state index is -3.41. The van der Waals surface area contributed by atoms with E-state index in [1.807, 2.05) is 6.92 Å². The highest BCUT2D eigenvalue weighted by Crippen LogP contribution is 2.12. The lowest BCUT2D eigenvalue weighted by Crippen LogP contribution is -2.46. The van der Waals surface area contributed by atoms with Crippen LogP contribution in [0.4, 0.5) is 0 Å². The molecule has 1 aliphatic heterocycles. The Hall–Kier alpha value is -0.170. The first-order valence-electron chi connectivity index (χ1n) is 5.98. The van der Waals surface area contributed by atoms with Crippen molar-refractivity contribution >= 4 is 10.2 Å². The molecule has 1 saturated heterocycles. The Kier molecular flexibility index (Phi) is 5.68. The van der Waals surface area contributed by atoms with Crippen molar-refractivity contribution in [3.05, 3.63) is 0 Å². The average molecular weight is 250 g/mol. The molecule has 16 heavy (non-hydrogen) atoms. The van der Waals surface area contributed by atoms with Gasteiger partial charge in [0.05, 0.1) is 6.61 Å². The van der Waals surface area contributed by atoms with E-state index in [0.717, 1.165) is 25.7 Å². The van der Waals surface area contributed by atoms with Crippen LogP contribution in [0.3, 0.4) is 0 Å². The fourth-order valence-electron chi connectivity index (χ4n) is 1.82. The van der Waals surface area contributed by atoms with Gasteiger partial charge in [-0.25, -0.2) is 0 Å². The van der Waals surface area contributed by atoms with Crippen molar-refractivity contribution in [3.8, 4) is 0 Å². The number of nitrogens with zero attached hydrogens (tertiary/aromatic N) is 1. The van der Waals surface area contributed by atoms with Crippen LogP contribution in [0.2, 0.25) is 0 Å². The number of hydrogen-bond donors (Lipinski definition) is 2. The highest BCUT2D eigenvalue weighted by Gasteiger charge is 2.24. The van der Waals surface area contributed by atoms with Gasteiger partial charge in [-0.1, -0.05) is 19.8 Å². The summed E-state index contributed by atoms with van der Waals surface area (Å²) in [6, 6.07) is -0.367. The second-order valence-corrected chi connectivity index (χ2v) is 5.93. The molecule has 1 atom stereocenters. The van der Waals surface area contributed by atoms with E-state index in [2.05, 4.69) is 4.72 Å². The smallest absolute Gasteiger partial charge is 0.279 e. The van der Waals surface area contributed by atoms with E-state index in [9.17, 15) is 8.42 Å². The third-order valence-electron chi connectivity index (χ3n) is 2.93. The number of aliphatic hydroxyl groups excluding tert-OH is 1. The zero-order valence-corrected chi connectivity index (χ0v) is 10.7. The minimum absolute atomic E-state index is 0.149. The van der Waals surface area contributed by atoms with Crippen molar-refractivity contribution in [1.82, 2.24) is 9.03 Å². The second-order valence-electron chi connectivity index (χ2n) is 4.22. The summed E-state index contributed by atoms with van der Waals surface area (Å²) in [6.07, 6.45) is 4.66. The third kappa shape index (κ3) is 4.01. The molecule has 1 rings (SSSR count). The molecular formula is C10H22N2O3S. The Labute approximate surface area is 98.0 Å². The topological polar surface area (TPSA) is 69.6 Å². The van der Waals surface area contributed by atoms with Crippen LogP contribution in [-0.4, -0.2) is 43.6 Å². The normalized spacial score (nSPS) is 21.6. The average Bonchev–Trinajstić information content (AvgIpc) is 2.54. The van der Waals surface area contributed by atoms with E-state index >= 15 is 0 Å². The first-order valence-corrected chi connectivity index (χ1v) is 7.42. The fourth-order valence-corrected chi connectivity index (χ4v) is 3.37. The summed E-state index contributed by atoms with van der Waals surface area (Å²) in [6.45, 7) is 2.89. The molecule has 0 bridgehead atoms. The molecule has 96 valence electrons. The van der Waals surface area contributed by atoms with Crippen LogP contribution < -0.4 is 4.72 Å². The number of hydrogen-bond acceptors (Lipinski definition) is 3. The Balaban J connectivity index is 2.60. The van der Waals surface area contributed by atoms with Gasteiger partial charge in [-0.15, -0.1) is 0 Å². The van der Waals surface area contributed by atoms with Crippen molar-refractivity contribution in [3.63, 3.8) is 0 Å². The van der Waals surface area contributed by atoms with Gasteiger partial charge in [0.15, 0.2) is 0 Å². The monoisotopic (exact) mass is 250 g/mol. The Morgan fingerprint density at radius 2 is 1.81 bits per heavy atom. The predicted octanol–water partition coefficient (Wildman–Crippen LogP) is 0.468. The standard InChI is InChI=1S/C10H22N2O3S/c1-2-10(9-13)11-16(14,15)12-7-5-3-4-6-8-12/h10-11,13H,2-9H2,1H3/t10-/m1/s1. The van der Waals surface area contributed by atoms with Gasteiger partial charge < -0.3 is 5.11 Å². The molecule has 1 fully saturated rings. The molecule has 6 heteroatoms. The third-order valence-corrected chi connectivity index (χ3v) is 4.61. The highest BCUT2D eigenvalue weighted by molar-refractivity contribution is 7.87. The van der Waals surface area contributed by atoms with Gasteiger partial charge in [0.2, 0.25) is 0 Å². The Morgan fingerprint density at radius 1 is 1.25 bits per heavy atom. The van der Waals surface area contributed by atoms with E-state index in [1.54, 1.807) is 0 Å². The van der Waals surface area contributed by atoms with E-state index in [0.29, 0.717) is 19.5 Å². The molecule has 0 aromatic rings. The van der Waals surface area contributed by atoms with Gasteiger partial charge >= 0.3 is 0 Å². The van der Waals surface area contributed by atoms with Gasteiger partial charge in [-0.2, -0.15) is 17.4 Å². The molecule has 0 spiro atoms. The number of aliphatic hydroxyl groups is 1. The van der Waals surface area contributed by atoms with Gasteiger partial charge in [-0.05, 0) is 19.3 Å². The molecular weight excluding hydrogens is 228 g/mol. The summed E-state index contributed by atoms with van der Waals surface area (Å²) in [7, 11) is -3.41. The first-order chi connectivity index (χ1) is 7.60. The molecule has 0 aliphatic carbocycles. The molecule has 0 saturated carbocycles. The molecule has 0 aromatic heterocycles. The molecule has 5 nitrogen and oxygen atoms in total. The van der Waals surface area contributed by atoms with Crippen molar-refractivity contribution in [2.75, 3.05) is 19.7 Å². The summed E-state index contributed by atoms with van der Waals surface area (Å²) in [4.78, 5) is 0. The lowest BCUT2D eigenvalue weighted by molar-refractivity contribution is 0.251. The Morgan fingerprint density at radius 3 is 2.25 bits per heavy atom. The SMILES string of the molecule is CC[C@H](CO)NS(=O)(=O)N1CCCCCC1. The fraction of sp³-hybridized carbons (Fsp3) is 1.00. The van der Waals surface area contributed by atoms with Crippen LogP contribution in [0.25, 0.3) is 0 Å². The van der Waals surface area contributed by atoms with E-state index in [1.165, 1.54) is 4.31 Å². The largest absolute Gasteiger partial charge is 0.395 e. The summed E-state index contributed by atoms with van der Waals surface area (Å²) < 4.78 is 28.0. The van der Waals surface area contributed by atoms with Crippen LogP contribution in [0.15, 0.2) is 0 Å². The van der Waals surface area contributed by atoms with Crippen LogP contribution in [0.5, 0.6) is 0 Å². The molecule has 1 heterocycles. The molecule has 2 N–H and O–H groups in total. The zero-order chi connectivity index (χ0) is 12.0. The molecule has 0 unspecified atom stereocenters. The number of rotatable bonds is 5. The summed E-state index contributed by atoms with van der Waals surface area (Å²) in [5.41, 5.74) is 0. The van der Waals surface area contributed by atoms with E-state index in [4.69, 9.17) is 5.11 Å². The van der Waals surface area contributed by atoms with Crippen LogP contribution in [0.1, 0.15) is 39.0 Å². The van der Waals surface area contributed by atoms with Gasteiger partial charge in [0.1, 0.15) is 0 Å². The minimum Gasteiger partial charge on any atom is -0.395 e. The Bertz CT molecular complexity index is 280. The summed E-state index contributed by atoms with van der Waals surface area (Å²) >= 11 is 0. The van der Waals surface area contributed by atoms with E-state index in [-0.39, 0.29) is 12.6 Å². The lowest BCUT2D eigenvalue weighted by atomic mass is 10.2. The second kappa shape index (κ2) is 6.54. The molecule has 0 radical (unpaired) electrons. The van der Waals surface area contributed by atoms with E-state index < -0.39 is 10.2 Å². The maximum Gasteiger partial charge on any atom is 0.279 e. The van der Waals surface area contributed by atoms with Crippen LogP contribution >= 0.6 is 0 Å². The maximum atomic E-state index is 12.0. The zero-order valence-electron chi connectivity index (χ0n) is 9.85. The van der Waals surface area contributed by atoms with Gasteiger partial charge in [0, 0.05) is 19.1 Å². The molecule has 0 aromatic carbocycles. The van der Waals surface area contributed by atoms with Gasteiger partial charge in [-0.3, -0.25) is 0 Å². The van der Waals surface area contributed by atoms with Crippen LogP contribution in [0, 0.1) is 0 Å². The predicted molar refractivity (Wildman–Crippen MR) is 63.3 cm³/mol. The quantitative estimate of drug-likeness (QED) is 0.745. The maximum absolute atomic E-state index is 12.0. The van der Waals surface area contributed by atoms with Crippen molar-refractivity contribution in [2.45, 2.75) is 45.1 Å². The van der Waals surface area contributed by atoms with Gasteiger partial charge in [0.25, 0.3) is 10.2 Å². The lowest BCUT2D eigenvalue weighted by Gasteiger charge is -2.23. The summed E-state index contributed by atoms with van der Waals surface area (Å²) in [5, 5.41) is 9.00. The van der Waals surface area contributed by atoms with Crippen LogP contribution in [-0.2, 0) is 10.2 Å². The van der Waals surface area contributed by atoms with Crippen molar-refractivity contribution < 1.29 is 13.5 Å². The summed E-state index contributed by atoms with van der Waals surface area (Å²) in [5.74, 6) is 0. The van der Waals surface area contributed by atoms with Crippen molar-refractivity contribution in [2.24, 2.45) is 0 Å². The highest BCUT2D eigenvalue weighted by atomic mass is 32.2. The number of nitrogens with one attached hydrogen (secondary N) is 1. The molecule has 1 aliphatic rings. The first kappa shape index (κ1) is 13.9. The molecule has 0 amide bonds. The van der Waals surface area contributed by atoms with Crippen molar-refractivity contribution in [1.29, 1.82) is 0 Å².